The predicted molar refractivity (Wildman–Crippen MR) is 64.8 cm³/mol. The second kappa shape index (κ2) is 3.89. The highest BCUT2D eigenvalue weighted by molar-refractivity contribution is 5.60. The molecule has 0 N–H and O–H groups in total. The molecule has 78 valence electrons. The van der Waals surface area contributed by atoms with E-state index in [0.717, 1.165) is 24.2 Å². The zero-order valence-corrected chi connectivity index (χ0v) is 8.93. The predicted octanol–water partition coefficient (Wildman–Crippen LogP) is 3.10. The SMILES string of the molecule is C1=Cc2ccc(-c3ccccn3)nc2CC1. The van der Waals surface area contributed by atoms with Crippen molar-refractivity contribution in [3.05, 3.63) is 53.9 Å². The zero-order valence-electron chi connectivity index (χ0n) is 8.93. The molecule has 0 fully saturated rings. The molecular formula is C14H12N2. The molecule has 0 radical (unpaired) electrons. The Morgan fingerprint density at radius 2 is 2.00 bits per heavy atom. The first-order valence-corrected chi connectivity index (χ1v) is 5.51. The van der Waals surface area contributed by atoms with Crippen molar-refractivity contribution in [2.75, 3.05) is 0 Å². The minimum absolute atomic E-state index is 0.944. The summed E-state index contributed by atoms with van der Waals surface area (Å²) in [6.45, 7) is 0. The fourth-order valence-electron chi connectivity index (χ4n) is 1.95. The Morgan fingerprint density at radius 3 is 2.88 bits per heavy atom. The molecule has 0 aromatic carbocycles. The van der Waals surface area contributed by atoms with Crippen LogP contribution in [-0.4, -0.2) is 9.97 Å². The molecule has 2 heterocycles. The maximum atomic E-state index is 4.67. The first kappa shape index (κ1) is 9.28. The van der Waals surface area contributed by atoms with Gasteiger partial charge in [0.25, 0.3) is 0 Å². The van der Waals surface area contributed by atoms with E-state index in [1.165, 1.54) is 11.3 Å². The topological polar surface area (TPSA) is 25.8 Å². The van der Waals surface area contributed by atoms with Crippen molar-refractivity contribution < 1.29 is 0 Å². The number of fused-ring (bicyclic) bond motifs is 1. The first-order valence-electron chi connectivity index (χ1n) is 5.51. The average molecular weight is 208 g/mol. The fraction of sp³-hybridized carbons (Fsp3) is 0.143. The highest BCUT2D eigenvalue weighted by Gasteiger charge is 2.08. The van der Waals surface area contributed by atoms with Gasteiger partial charge in [0.2, 0.25) is 0 Å². The number of hydrogen-bond acceptors (Lipinski definition) is 2. The van der Waals surface area contributed by atoms with E-state index in [0.29, 0.717) is 0 Å². The van der Waals surface area contributed by atoms with E-state index >= 15 is 0 Å². The van der Waals surface area contributed by atoms with Crippen LogP contribution in [0.3, 0.4) is 0 Å². The summed E-state index contributed by atoms with van der Waals surface area (Å²) in [7, 11) is 0. The van der Waals surface area contributed by atoms with Crippen LogP contribution in [0.15, 0.2) is 42.6 Å². The largest absolute Gasteiger partial charge is 0.255 e. The van der Waals surface area contributed by atoms with Gasteiger partial charge in [-0.15, -0.1) is 0 Å². The molecule has 16 heavy (non-hydrogen) atoms. The molecule has 3 rings (SSSR count). The monoisotopic (exact) mass is 208 g/mol. The normalized spacial score (nSPS) is 13.5. The van der Waals surface area contributed by atoms with E-state index in [9.17, 15) is 0 Å². The number of aryl methyl sites for hydroxylation is 1. The van der Waals surface area contributed by atoms with Crippen LogP contribution < -0.4 is 0 Å². The lowest BCUT2D eigenvalue weighted by molar-refractivity contribution is 0.928. The zero-order chi connectivity index (χ0) is 10.8. The summed E-state index contributed by atoms with van der Waals surface area (Å²) in [5.41, 5.74) is 4.34. The summed E-state index contributed by atoms with van der Waals surface area (Å²) in [6, 6.07) is 10.1. The lowest BCUT2D eigenvalue weighted by Crippen LogP contribution is -1.99. The molecule has 2 heteroatoms. The average Bonchev–Trinajstić information content (AvgIpc) is 2.39. The molecule has 0 atom stereocenters. The number of nitrogens with zero attached hydrogens (tertiary/aromatic N) is 2. The van der Waals surface area contributed by atoms with Crippen molar-refractivity contribution >= 4 is 6.08 Å². The van der Waals surface area contributed by atoms with Gasteiger partial charge in [-0.05, 0) is 36.6 Å². The van der Waals surface area contributed by atoms with E-state index in [-0.39, 0.29) is 0 Å². The van der Waals surface area contributed by atoms with Gasteiger partial charge in [0.15, 0.2) is 0 Å². The molecule has 2 aromatic heterocycles. The quantitative estimate of drug-likeness (QED) is 0.719. The Hall–Kier alpha value is -1.96. The molecular weight excluding hydrogens is 196 g/mol. The van der Waals surface area contributed by atoms with Crippen molar-refractivity contribution in [1.29, 1.82) is 0 Å². The molecule has 1 aliphatic rings. The van der Waals surface area contributed by atoms with E-state index in [1.807, 2.05) is 24.3 Å². The van der Waals surface area contributed by atoms with Gasteiger partial charge >= 0.3 is 0 Å². The molecule has 2 nitrogen and oxygen atoms in total. The molecule has 0 spiro atoms. The van der Waals surface area contributed by atoms with Crippen molar-refractivity contribution in [3.63, 3.8) is 0 Å². The molecule has 0 bridgehead atoms. The summed E-state index contributed by atoms with van der Waals surface area (Å²) in [5.74, 6) is 0. The molecule has 0 saturated carbocycles. The van der Waals surface area contributed by atoms with Crippen LogP contribution in [0.2, 0.25) is 0 Å². The van der Waals surface area contributed by atoms with Gasteiger partial charge in [0, 0.05) is 11.9 Å². The maximum Gasteiger partial charge on any atom is 0.0889 e. The van der Waals surface area contributed by atoms with Crippen LogP contribution in [0.1, 0.15) is 17.7 Å². The summed E-state index contributed by atoms with van der Waals surface area (Å²) < 4.78 is 0. The fourth-order valence-corrected chi connectivity index (χ4v) is 1.95. The van der Waals surface area contributed by atoms with E-state index in [2.05, 4.69) is 28.2 Å². The van der Waals surface area contributed by atoms with Gasteiger partial charge in [0.1, 0.15) is 0 Å². The summed E-state index contributed by atoms with van der Waals surface area (Å²) in [4.78, 5) is 8.99. The standard InChI is InChI=1S/C14H12N2/c1-2-6-12-11(5-1)8-9-14(16-12)13-7-3-4-10-15-13/h1,3-5,7-10H,2,6H2. The van der Waals surface area contributed by atoms with Gasteiger partial charge < -0.3 is 0 Å². The molecule has 2 aromatic rings. The first-order chi connectivity index (χ1) is 7.93. The van der Waals surface area contributed by atoms with Crippen LogP contribution in [-0.2, 0) is 6.42 Å². The minimum atomic E-state index is 0.944. The molecule has 1 aliphatic carbocycles. The van der Waals surface area contributed by atoms with Crippen LogP contribution in [0.4, 0.5) is 0 Å². The third-order valence-electron chi connectivity index (χ3n) is 2.78. The van der Waals surface area contributed by atoms with E-state index in [4.69, 9.17) is 0 Å². The molecule has 0 unspecified atom stereocenters. The number of allylic oxidation sites excluding steroid dienone is 1. The van der Waals surface area contributed by atoms with Gasteiger partial charge in [-0.2, -0.15) is 0 Å². The van der Waals surface area contributed by atoms with Crippen molar-refractivity contribution in [1.82, 2.24) is 9.97 Å². The lowest BCUT2D eigenvalue weighted by atomic mass is 10.0. The third kappa shape index (κ3) is 1.63. The van der Waals surface area contributed by atoms with E-state index in [1.54, 1.807) is 6.20 Å². The van der Waals surface area contributed by atoms with Crippen LogP contribution in [0.25, 0.3) is 17.5 Å². The third-order valence-corrected chi connectivity index (χ3v) is 2.78. The van der Waals surface area contributed by atoms with Crippen LogP contribution in [0, 0.1) is 0 Å². The van der Waals surface area contributed by atoms with Crippen molar-refractivity contribution in [2.45, 2.75) is 12.8 Å². The Labute approximate surface area is 94.7 Å². The van der Waals surface area contributed by atoms with Crippen LogP contribution in [0.5, 0.6) is 0 Å². The summed E-state index contributed by atoms with van der Waals surface area (Å²) >= 11 is 0. The Balaban J connectivity index is 2.07. The number of aromatic nitrogens is 2. The number of hydrogen-bond donors (Lipinski definition) is 0. The summed E-state index contributed by atoms with van der Waals surface area (Å²) in [5, 5.41) is 0. The van der Waals surface area contributed by atoms with Gasteiger partial charge in [-0.1, -0.05) is 24.3 Å². The number of pyridine rings is 2. The van der Waals surface area contributed by atoms with Crippen LogP contribution >= 0.6 is 0 Å². The Bertz CT molecular complexity index is 530. The lowest BCUT2D eigenvalue weighted by Gasteiger charge is -2.10. The highest BCUT2D eigenvalue weighted by atomic mass is 14.8. The Morgan fingerprint density at radius 1 is 1.00 bits per heavy atom. The van der Waals surface area contributed by atoms with Gasteiger partial charge in [0.05, 0.1) is 11.4 Å². The molecule has 0 amide bonds. The minimum Gasteiger partial charge on any atom is -0.255 e. The van der Waals surface area contributed by atoms with E-state index < -0.39 is 0 Å². The number of rotatable bonds is 1. The molecule has 0 aliphatic heterocycles. The summed E-state index contributed by atoms with van der Waals surface area (Å²) in [6.07, 6.45) is 8.27. The smallest absolute Gasteiger partial charge is 0.0889 e. The van der Waals surface area contributed by atoms with Crippen molar-refractivity contribution in [3.8, 4) is 11.4 Å². The van der Waals surface area contributed by atoms with Crippen molar-refractivity contribution in [2.24, 2.45) is 0 Å². The Kier molecular flexibility index (Phi) is 2.26. The second-order valence-corrected chi connectivity index (χ2v) is 3.89. The maximum absolute atomic E-state index is 4.67. The van der Waals surface area contributed by atoms with Gasteiger partial charge in [-0.25, -0.2) is 0 Å². The van der Waals surface area contributed by atoms with Gasteiger partial charge in [-0.3, -0.25) is 9.97 Å². The highest BCUT2D eigenvalue weighted by Crippen LogP contribution is 2.21. The molecule has 0 saturated heterocycles. The second-order valence-electron chi connectivity index (χ2n) is 3.89.